The Morgan fingerprint density at radius 2 is 1.81 bits per heavy atom. The smallest absolute Gasteiger partial charge is 0.308 e. The number of hydrogen-bond donors (Lipinski definition) is 2. The molecule has 3 rings (SSSR count). The summed E-state index contributed by atoms with van der Waals surface area (Å²) in [5, 5.41) is 12.2. The van der Waals surface area contributed by atoms with Gasteiger partial charge < -0.3 is 10.4 Å². The van der Waals surface area contributed by atoms with Crippen LogP contribution in [0.3, 0.4) is 0 Å². The van der Waals surface area contributed by atoms with Gasteiger partial charge in [-0.25, -0.2) is 0 Å². The summed E-state index contributed by atoms with van der Waals surface area (Å²) in [4.78, 5) is 27.7. The number of amides is 1. The van der Waals surface area contributed by atoms with Crippen molar-refractivity contribution in [2.24, 2.45) is 11.8 Å². The summed E-state index contributed by atoms with van der Waals surface area (Å²) in [5.74, 6) is -1.25. The molecule has 1 saturated heterocycles. The van der Waals surface area contributed by atoms with E-state index in [1.807, 2.05) is 66.4 Å². The van der Waals surface area contributed by atoms with Crippen molar-refractivity contribution in [3.05, 3.63) is 54.6 Å². The fourth-order valence-electron chi connectivity index (χ4n) is 3.18. The van der Waals surface area contributed by atoms with E-state index in [9.17, 15) is 14.7 Å². The zero-order chi connectivity index (χ0) is 18.5. The maximum atomic E-state index is 12.4. The van der Waals surface area contributed by atoms with Gasteiger partial charge in [-0.1, -0.05) is 49.0 Å². The summed E-state index contributed by atoms with van der Waals surface area (Å²) in [6, 6.07) is 17.7. The number of carboxylic acid groups (broad SMARTS) is 1. The lowest BCUT2D eigenvalue weighted by molar-refractivity contribution is -0.142. The molecule has 1 amide bonds. The first-order valence-electron chi connectivity index (χ1n) is 8.60. The molecule has 0 spiro atoms. The van der Waals surface area contributed by atoms with Crippen LogP contribution in [-0.4, -0.2) is 41.5 Å². The van der Waals surface area contributed by atoms with Crippen molar-refractivity contribution in [2.45, 2.75) is 16.7 Å². The summed E-state index contributed by atoms with van der Waals surface area (Å²) in [6.07, 6.45) is 0. The second-order valence-electron chi connectivity index (χ2n) is 6.58. The third-order valence-corrected chi connectivity index (χ3v) is 5.59. The van der Waals surface area contributed by atoms with Crippen LogP contribution in [-0.2, 0) is 9.59 Å². The molecule has 6 heteroatoms. The van der Waals surface area contributed by atoms with Gasteiger partial charge in [0.25, 0.3) is 0 Å². The number of nitrogens with zero attached hydrogens (tertiary/aromatic N) is 1. The van der Waals surface area contributed by atoms with Crippen LogP contribution in [0.25, 0.3) is 0 Å². The summed E-state index contributed by atoms with van der Waals surface area (Å²) >= 11 is 1.60. The van der Waals surface area contributed by atoms with E-state index in [2.05, 4.69) is 5.32 Å². The molecule has 0 saturated carbocycles. The Morgan fingerprint density at radius 3 is 2.50 bits per heavy atom. The highest BCUT2D eigenvalue weighted by Gasteiger charge is 2.35. The maximum Gasteiger partial charge on any atom is 0.308 e. The molecule has 5 nitrogen and oxygen atoms in total. The van der Waals surface area contributed by atoms with Crippen molar-refractivity contribution >= 4 is 29.3 Å². The van der Waals surface area contributed by atoms with Crippen molar-refractivity contribution in [3.8, 4) is 0 Å². The van der Waals surface area contributed by atoms with Gasteiger partial charge in [0.1, 0.15) is 0 Å². The summed E-state index contributed by atoms with van der Waals surface area (Å²) in [6.45, 7) is 3.18. The lowest BCUT2D eigenvalue weighted by Crippen LogP contribution is -2.32. The highest BCUT2D eigenvalue weighted by molar-refractivity contribution is 7.99. The number of carbonyl (C=O) groups excluding carboxylic acids is 1. The molecule has 1 aliphatic rings. The Bertz CT molecular complexity index is 782. The van der Waals surface area contributed by atoms with Crippen LogP contribution in [0.15, 0.2) is 64.4 Å². The number of benzene rings is 2. The predicted molar refractivity (Wildman–Crippen MR) is 102 cm³/mol. The van der Waals surface area contributed by atoms with E-state index in [-0.39, 0.29) is 18.4 Å². The Hall–Kier alpha value is -2.31. The minimum Gasteiger partial charge on any atom is -0.481 e. The molecular formula is C20H22N2O3S. The molecule has 1 heterocycles. The standard InChI is InChI=1S/C20H22N2O3S/c1-14-11-22(12-16(14)20(24)25)13-19(23)21-17-9-5-6-10-18(17)26-15-7-3-2-4-8-15/h2-10,14,16H,11-13H2,1H3,(H,21,23)(H,24,25)/t14-,16-/m1/s1. The van der Waals surface area contributed by atoms with Crippen molar-refractivity contribution in [2.75, 3.05) is 25.0 Å². The maximum absolute atomic E-state index is 12.4. The molecule has 0 aliphatic carbocycles. The molecule has 0 aromatic heterocycles. The Morgan fingerprint density at radius 1 is 1.12 bits per heavy atom. The lowest BCUT2D eigenvalue weighted by atomic mass is 9.99. The molecule has 2 N–H and O–H groups in total. The van der Waals surface area contributed by atoms with Crippen molar-refractivity contribution < 1.29 is 14.7 Å². The van der Waals surface area contributed by atoms with Gasteiger partial charge in [0.05, 0.1) is 18.2 Å². The van der Waals surface area contributed by atoms with Gasteiger partial charge in [0, 0.05) is 22.9 Å². The Kier molecular flexibility index (Phi) is 5.96. The molecule has 2 atom stereocenters. The topological polar surface area (TPSA) is 69.6 Å². The number of carbonyl (C=O) groups is 2. The molecule has 136 valence electrons. The average molecular weight is 370 g/mol. The van der Waals surface area contributed by atoms with Crippen LogP contribution in [0.5, 0.6) is 0 Å². The first kappa shape index (κ1) is 18.5. The highest BCUT2D eigenvalue weighted by Crippen LogP contribution is 2.33. The van der Waals surface area contributed by atoms with E-state index in [0.29, 0.717) is 13.1 Å². The van der Waals surface area contributed by atoms with Crippen molar-refractivity contribution in [1.29, 1.82) is 0 Å². The van der Waals surface area contributed by atoms with Gasteiger partial charge in [0.15, 0.2) is 0 Å². The van der Waals surface area contributed by atoms with E-state index in [1.165, 1.54) is 0 Å². The number of likely N-dealkylation sites (tertiary alicyclic amines) is 1. The number of carboxylic acids is 1. The normalized spacial score (nSPS) is 20.0. The first-order chi connectivity index (χ1) is 12.5. The molecular weight excluding hydrogens is 348 g/mol. The molecule has 1 aliphatic heterocycles. The van der Waals surface area contributed by atoms with Crippen molar-refractivity contribution in [3.63, 3.8) is 0 Å². The van der Waals surface area contributed by atoms with Crippen LogP contribution in [0.2, 0.25) is 0 Å². The Balaban J connectivity index is 1.62. The van der Waals surface area contributed by atoms with E-state index in [4.69, 9.17) is 0 Å². The van der Waals surface area contributed by atoms with E-state index >= 15 is 0 Å². The van der Waals surface area contributed by atoms with Gasteiger partial charge in [-0.2, -0.15) is 0 Å². The van der Waals surface area contributed by atoms with Gasteiger partial charge in [0.2, 0.25) is 5.91 Å². The number of nitrogens with one attached hydrogen (secondary N) is 1. The first-order valence-corrected chi connectivity index (χ1v) is 9.41. The number of anilines is 1. The minimum atomic E-state index is -0.787. The second-order valence-corrected chi connectivity index (χ2v) is 7.69. The molecule has 1 fully saturated rings. The van der Waals surface area contributed by atoms with Crippen LogP contribution >= 0.6 is 11.8 Å². The minimum absolute atomic E-state index is 0.0567. The second kappa shape index (κ2) is 8.38. The largest absolute Gasteiger partial charge is 0.481 e. The Labute approximate surface area is 157 Å². The monoisotopic (exact) mass is 370 g/mol. The third kappa shape index (κ3) is 4.65. The summed E-state index contributed by atoms with van der Waals surface area (Å²) < 4.78 is 0. The molecule has 2 aromatic carbocycles. The van der Waals surface area contributed by atoms with E-state index < -0.39 is 11.9 Å². The zero-order valence-electron chi connectivity index (χ0n) is 14.6. The highest BCUT2D eigenvalue weighted by atomic mass is 32.2. The third-order valence-electron chi connectivity index (χ3n) is 4.50. The van der Waals surface area contributed by atoms with Gasteiger partial charge in [-0.05, 0) is 30.2 Å². The molecule has 0 bridgehead atoms. The van der Waals surface area contributed by atoms with Crippen LogP contribution in [0.1, 0.15) is 6.92 Å². The SMILES string of the molecule is C[C@@H]1CN(CC(=O)Nc2ccccc2Sc2ccccc2)C[C@H]1C(=O)O. The number of rotatable bonds is 6. The summed E-state index contributed by atoms with van der Waals surface area (Å²) in [7, 11) is 0. The number of hydrogen-bond acceptors (Lipinski definition) is 4. The van der Waals surface area contributed by atoms with Gasteiger partial charge >= 0.3 is 5.97 Å². The molecule has 26 heavy (non-hydrogen) atoms. The molecule has 0 radical (unpaired) electrons. The van der Waals surface area contributed by atoms with Crippen LogP contribution in [0, 0.1) is 11.8 Å². The van der Waals surface area contributed by atoms with E-state index in [0.717, 1.165) is 15.5 Å². The van der Waals surface area contributed by atoms with Gasteiger partial charge in [-0.15, -0.1) is 0 Å². The van der Waals surface area contributed by atoms with Crippen LogP contribution < -0.4 is 5.32 Å². The zero-order valence-corrected chi connectivity index (χ0v) is 15.4. The number of para-hydroxylation sites is 1. The summed E-state index contributed by atoms with van der Waals surface area (Å²) in [5.41, 5.74) is 0.772. The van der Waals surface area contributed by atoms with Crippen molar-refractivity contribution in [1.82, 2.24) is 4.90 Å². The molecule has 2 aromatic rings. The van der Waals surface area contributed by atoms with Crippen LogP contribution in [0.4, 0.5) is 5.69 Å². The fraction of sp³-hybridized carbons (Fsp3) is 0.300. The number of aliphatic carboxylic acids is 1. The molecule has 0 unspecified atom stereocenters. The lowest BCUT2D eigenvalue weighted by Gasteiger charge is -2.16. The quantitative estimate of drug-likeness (QED) is 0.815. The van der Waals surface area contributed by atoms with E-state index in [1.54, 1.807) is 11.8 Å². The average Bonchev–Trinajstić information content (AvgIpc) is 2.98. The fourth-order valence-corrected chi connectivity index (χ4v) is 4.11. The van der Waals surface area contributed by atoms with Gasteiger partial charge in [-0.3, -0.25) is 14.5 Å². The predicted octanol–water partition coefficient (Wildman–Crippen LogP) is 3.43.